The maximum absolute atomic E-state index is 4.87. The molecule has 1 aliphatic heterocycles. The molecule has 0 N–H and O–H groups in total. The van der Waals surface area contributed by atoms with Crippen LogP contribution in [0.3, 0.4) is 0 Å². The fraction of sp³-hybridized carbons (Fsp3) is 0.286. The van der Waals surface area contributed by atoms with Crippen LogP contribution in [-0.4, -0.2) is 11.8 Å². The molecule has 9 heavy (non-hydrogen) atoms. The molecule has 1 heterocycles. The lowest BCUT2D eigenvalue weighted by molar-refractivity contribution is 0.0919. The second-order valence-electron chi connectivity index (χ2n) is 2.24. The number of rotatable bonds is 0. The van der Waals surface area contributed by atoms with Gasteiger partial charge < -0.3 is 4.84 Å². The highest BCUT2D eigenvalue weighted by atomic mass is 16.7. The fourth-order valence-electron chi connectivity index (χ4n) is 0.975. The van der Waals surface area contributed by atoms with Gasteiger partial charge >= 0.3 is 0 Å². The molecule has 2 rings (SSSR count). The molecular formula is C7H7NO. The maximum atomic E-state index is 4.87. The first-order chi connectivity index (χ1) is 4.38. The first-order valence-corrected chi connectivity index (χ1v) is 2.97. The van der Waals surface area contributed by atoms with Crippen molar-refractivity contribution in [3.8, 4) is 0 Å². The predicted molar refractivity (Wildman–Crippen MR) is 35.2 cm³/mol. The third kappa shape index (κ3) is 0.529. The molecular weight excluding hydrogens is 114 g/mol. The Morgan fingerprint density at radius 3 is 3.00 bits per heavy atom. The normalized spacial score (nSPS) is 29.2. The summed E-state index contributed by atoms with van der Waals surface area (Å²) in [7, 11) is 0. The van der Waals surface area contributed by atoms with Crippen LogP contribution in [-0.2, 0) is 4.84 Å². The summed E-state index contributed by atoms with van der Waals surface area (Å²) in [5.41, 5.74) is 2.30. The van der Waals surface area contributed by atoms with Gasteiger partial charge in [0.25, 0.3) is 0 Å². The van der Waals surface area contributed by atoms with E-state index in [-0.39, 0.29) is 6.10 Å². The number of allylic oxidation sites excluding steroid dienone is 2. The van der Waals surface area contributed by atoms with E-state index in [0.717, 1.165) is 5.71 Å². The molecule has 1 atom stereocenters. The fourth-order valence-corrected chi connectivity index (χ4v) is 0.975. The summed E-state index contributed by atoms with van der Waals surface area (Å²) in [4.78, 5) is 4.87. The van der Waals surface area contributed by atoms with Gasteiger partial charge in [0.15, 0.2) is 6.10 Å². The third-order valence-corrected chi connectivity index (χ3v) is 1.57. The lowest BCUT2D eigenvalue weighted by Gasteiger charge is -2.24. The van der Waals surface area contributed by atoms with Crippen molar-refractivity contribution in [3.63, 3.8) is 0 Å². The quantitative estimate of drug-likeness (QED) is 0.472. The molecule has 1 aliphatic carbocycles. The van der Waals surface area contributed by atoms with Crippen LogP contribution in [0.25, 0.3) is 0 Å². The summed E-state index contributed by atoms with van der Waals surface area (Å²) in [5.74, 6) is 0. The molecule has 0 saturated heterocycles. The predicted octanol–water partition coefficient (Wildman–Crippen LogP) is 1.26. The molecule has 0 fully saturated rings. The van der Waals surface area contributed by atoms with E-state index in [1.54, 1.807) is 0 Å². The Hall–Kier alpha value is -1.05. The minimum absolute atomic E-state index is 0.162. The largest absolute Gasteiger partial charge is 0.381 e. The van der Waals surface area contributed by atoms with Gasteiger partial charge in [-0.05, 0) is 18.6 Å². The Bertz CT molecular complexity index is 225. The minimum atomic E-state index is 0.162. The van der Waals surface area contributed by atoms with Crippen molar-refractivity contribution >= 4 is 5.71 Å². The second-order valence-corrected chi connectivity index (χ2v) is 2.24. The van der Waals surface area contributed by atoms with Crippen molar-refractivity contribution in [1.82, 2.24) is 0 Å². The maximum Gasteiger partial charge on any atom is 0.191 e. The van der Waals surface area contributed by atoms with Gasteiger partial charge in [-0.3, -0.25) is 0 Å². The highest BCUT2D eigenvalue weighted by Gasteiger charge is 2.26. The lowest BCUT2D eigenvalue weighted by atomic mass is 10.0. The first-order valence-electron chi connectivity index (χ1n) is 2.97. The van der Waals surface area contributed by atoms with E-state index in [9.17, 15) is 0 Å². The number of nitrogens with zero attached hydrogens (tertiary/aromatic N) is 1. The van der Waals surface area contributed by atoms with Crippen LogP contribution in [0.2, 0.25) is 0 Å². The van der Waals surface area contributed by atoms with E-state index in [4.69, 9.17) is 4.84 Å². The Kier molecular flexibility index (Phi) is 0.781. The zero-order valence-corrected chi connectivity index (χ0v) is 5.16. The third-order valence-electron chi connectivity index (χ3n) is 1.57. The topological polar surface area (TPSA) is 21.6 Å². The molecule has 0 saturated carbocycles. The van der Waals surface area contributed by atoms with Gasteiger partial charge in [0.1, 0.15) is 5.71 Å². The van der Waals surface area contributed by atoms with E-state index in [1.165, 1.54) is 5.57 Å². The van der Waals surface area contributed by atoms with Crippen LogP contribution in [0.5, 0.6) is 0 Å². The van der Waals surface area contributed by atoms with Gasteiger partial charge in [-0.2, -0.15) is 0 Å². The lowest BCUT2D eigenvalue weighted by Crippen LogP contribution is -2.31. The van der Waals surface area contributed by atoms with Crippen LogP contribution < -0.4 is 0 Å². The summed E-state index contributed by atoms with van der Waals surface area (Å²) < 4.78 is 0. The van der Waals surface area contributed by atoms with E-state index in [1.807, 2.05) is 25.2 Å². The molecule has 0 spiro atoms. The summed E-state index contributed by atoms with van der Waals surface area (Å²) in [6.07, 6.45) is 6.20. The Labute approximate surface area is 53.5 Å². The number of hydrogen-bond donors (Lipinski definition) is 0. The molecule has 2 aliphatic rings. The molecule has 0 aromatic carbocycles. The van der Waals surface area contributed by atoms with Crippen LogP contribution in [0, 0.1) is 0 Å². The molecule has 0 amide bonds. The van der Waals surface area contributed by atoms with Crippen LogP contribution in [0.1, 0.15) is 6.92 Å². The molecule has 0 aromatic rings. The first kappa shape index (κ1) is 4.79. The van der Waals surface area contributed by atoms with Gasteiger partial charge in [0, 0.05) is 0 Å². The van der Waals surface area contributed by atoms with Crippen LogP contribution in [0.4, 0.5) is 0 Å². The van der Waals surface area contributed by atoms with Crippen molar-refractivity contribution in [3.05, 3.63) is 23.8 Å². The summed E-state index contributed by atoms with van der Waals surface area (Å²) in [6.45, 7) is 2.04. The Balaban J connectivity index is 2.41. The molecule has 2 nitrogen and oxygen atoms in total. The van der Waals surface area contributed by atoms with Gasteiger partial charge in [0.05, 0.1) is 0 Å². The zero-order chi connectivity index (χ0) is 6.27. The number of hydrogen-bond acceptors (Lipinski definition) is 2. The summed E-state index contributed by atoms with van der Waals surface area (Å²) in [6, 6.07) is 0. The smallest absolute Gasteiger partial charge is 0.191 e. The molecule has 46 valence electrons. The summed E-state index contributed by atoms with van der Waals surface area (Å²) in [5, 5.41) is 3.77. The van der Waals surface area contributed by atoms with Crippen LogP contribution in [0.15, 0.2) is 29.0 Å². The van der Waals surface area contributed by atoms with E-state index in [2.05, 4.69) is 5.16 Å². The van der Waals surface area contributed by atoms with E-state index < -0.39 is 0 Å². The molecule has 1 unspecified atom stereocenters. The highest BCUT2D eigenvalue weighted by molar-refractivity contribution is 6.07. The highest BCUT2D eigenvalue weighted by Crippen LogP contribution is 2.20. The van der Waals surface area contributed by atoms with Gasteiger partial charge in [-0.15, -0.1) is 0 Å². The standard InChI is InChI=1S/C7H7NO/c1-5-3-2-4-6-7(5)8-9-6/h2-4,6H,1H3. The molecule has 0 bridgehead atoms. The Morgan fingerprint density at radius 2 is 2.56 bits per heavy atom. The van der Waals surface area contributed by atoms with Crippen molar-refractivity contribution in [2.24, 2.45) is 5.16 Å². The SMILES string of the molecule is CC1=CC=CC2ON=C12. The minimum Gasteiger partial charge on any atom is -0.381 e. The summed E-state index contributed by atoms with van der Waals surface area (Å²) >= 11 is 0. The van der Waals surface area contributed by atoms with Crippen molar-refractivity contribution < 1.29 is 4.84 Å². The van der Waals surface area contributed by atoms with E-state index >= 15 is 0 Å². The van der Waals surface area contributed by atoms with E-state index in [0.29, 0.717) is 0 Å². The van der Waals surface area contributed by atoms with Crippen molar-refractivity contribution in [1.29, 1.82) is 0 Å². The Morgan fingerprint density at radius 1 is 1.67 bits per heavy atom. The van der Waals surface area contributed by atoms with Crippen molar-refractivity contribution in [2.75, 3.05) is 0 Å². The van der Waals surface area contributed by atoms with Gasteiger partial charge in [-0.1, -0.05) is 17.3 Å². The number of oxime groups is 1. The van der Waals surface area contributed by atoms with Gasteiger partial charge in [-0.25, -0.2) is 0 Å². The van der Waals surface area contributed by atoms with Crippen LogP contribution >= 0.6 is 0 Å². The van der Waals surface area contributed by atoms with Gasteiger partial charge in [0.2, 0.25) is 0 Å². The monoisotopic (exact) mass is 121 g/mol. The second kappa shape index (κ2) is 1.47. The average Bonchev–Trinajstić information content (AvgIpc) is 1.74. The van der Waals surface area contributed by atoms with Crippen molar-refractivity contribution in [2.45, 2.75) is 13.0 Å². The molecule has 0 radical (unpaired) electrons. The molecule has 2 heteroatoms. The molecule has 0 aromatic heterocycles. The zero-order valence-electron chi connectivity index (χ0n) is 5.16. The number of fused-ring (bicyclic) bond motifs is 1. The average molecular weight is 121 g/mol.